The number of aliphatic hydroxyl groups is 1. The van der Waals surface area contributed by atoms with Crippen LogP contribution in [-0.4, -0.2) is 45.4 Å². The molecule has 4 aliphatic rings. The monoisotopic (exact) mass is 512 g/mol. The molecule has 0 saturated heterocycles. The second-order valence-corrected chi connectivity index (χ2v) is 13.3. The van der Waals surface area contributed by atoms with Gasteiger partial charge in [-0.25, -0.2) is 0 Å². The van der Waals surface area contributed by atoms with Crippen molar-refractivity contribution in [2.75, 3.05) is 0 Å². The van der Waals surface area contributed by atoms with Crippen LogP contribution in [0.3, 0.4) is 0 Å². The summed E-state index contributed by atoms with van der Waals surface area (Å²) in [6.45, 7) is 12.9. The maximum atomic E-state index is 14.0. The highest BCUT2D eigenvalue weighted by atomic mass is 16.4. The molecule has 0 aliphatic heterocycles. The number of ketones is 4. The molecule has 0 unspecified atom stereocenters. The highest BCUT2D eigenvalue weighted by molar-refractivity contribution is 6.06. The third-order valence-corrected chi connectivity index (χ3v) is 10.9. The van der Waals surface area contributed by atoms with Crippen LogP contribution in [0.25, 0.3) is 0 Å². The molecule has 202 valence electrons. The van der Waals surface area contributed by atoms with Gasteiger partial charge in [-0.1, -0.05) is 40.2 Å². The number of rotatable bonds is 5. The minimum atomic E-state index is -1.08. The Hall–Kier alpha value is -2.41. The molecule has 0 bridgehead atoms. The Kier molecular flexibility index (Phi) is 6.38. The molecule has 37 heavy (non-hydrogen) atoms. The number of carbonyl (C=O) groups is 5. The van der Waals surface area contributed by atoms with E-state index in [-0.39, 0.29) is 54.2 Å². The fourth-order valence-electron chi connectivity index (χ4n) is 8.51. The number of aliphatic hydroxyl groups excluding tert-OH is 1. The fraction of sp³-hybridized carbons (Fsp3) is 0.700. The predicted octanol–water partition coefficient (Wildman–Crippen LogP) is 4.26. The van der Waals surface area contributed by atoms with Crippen molar-refractivity contribution in [3.8, 4) is 0 Å². The van der Waals surface area contributed by atoms with Gasteiger partial charge in [0.15, 0.2) is 11.6 Å². The second kappa shape index (κ2) is 8.55. The van der Waals surface area contributed by atoms with Crippen LogP contribution >= 0.6 is 0 Å². The topological polar surface area (TPSA) is 126 Å². The van der Waals surface area contributed by atoms with Crippen molar-refractivity contribution < 1.29 is 34.2 Å². The van der Waals surface area contributed by atoms with Gasteiger partial charge in [-0.05, 0) is 55.6 Å². The van der Waals surface area contributed by atoms with E-state index in [2.05, 4.69) is 0 Å². The van der Waals surface area contributed by atoms with Crippen LogP contribution in [0.2, 0.25) is 0 Å². The smallest absolute Gasteiger partial charge is 0.306 e. The van der Waals surface area contributed by atoms with E-state index in [0.717, 1.165) is 0 Å². The molecule has 2 saturated carbocycles. The zero-order chi connectivity index (χ0) is 27.9. The number of carbonyl (C=O) groups excluding carboxylic acids is 4. The van der Waals surface area contributed by atoms with Gasteiger partial charge in [0.25, 0.3) is 0 Å². The molecular weight excluding hydrogens is 472 g/mol. The number of carboxylic acid groups (broad SMARTS) is 1. The number of Topliss-reactive ketones (excluding diaryl/α,β-unsaturated/α-hetero) is 3. The first kappa shape index (κ1) is 27.6. The Balaban J connectivity index is 1.81. The number of carboxylic acids is 1. The number of aliphatic carboxylic acids is 1. The highest BCUT2D eigenvalue weighted by Crippen LogP contribution is 2.70. The zero-order valence-corrected chi connectivity index (χ0v) is 23.1. The van der Waals surface area contributed by atoms with Crippen LogP contribution in [0.1, 0.15) is 87.0 Å². The molecule has 2 N–H and O–H groups in total. The van der Waals surface area contributed by atoms with Crippen molar-refractivity contribution in [3.63, 3.8) is 0 Å². The van der Waals surface area contributed by atoms with Crippen molar-refractivity contribution in [3.05, 3.63) is 22.8 Å². The van der Waals surface area contributed by atoms with E-state index >= 15 is 0 Å². The standard InChI is InChI=1S/C30H40O7/c1-15(10-17(31)11-16(2)26(36)37)18-12-23(35)30(7)25-19(32)13-21-27(3,4)22(34)8-9-28(21,5)24(25)20(33)14-29(18,30)6/h10,16,18-19,21,32H,8-9,11-14H2,1-7H3,(H,36,37)/b15-10-/t16-,18-,19+,21+,28+,29-,30+/m1/s1. The van der Waals surface area contributed by atoms with Crippen molar-refractivity contribution in [2.24, 2.45) is 39.4 Å². The van der Waals surface area contributed by atoms with E-state index in [4.69, 9.17) is 5.11 Å². The molecule has 0 amide bonds. The van der Waals surface area contributed by atoms with Crippen molar-refractivity contribution in [1.82, 2.24) is 0 Å². The Morgan fingerprint density at radius 1 is 1.08 bits per heavy atom. The second-order valence-electron chi connectivity index (χ2n) is 13.3. The first-order chi connectivity index (χ1) is 16.9. The van der Waals surface area contributed by atoms with Crippen LogP contribution in [0.4, 0.5) is 0 Å². The normalized spacial score (nSPS) is 40.2. The maximum absolute atomic E-state index is 14.0. The van der Waals surface area contributed by atoms with Crippen LogP contribution in [-0.2, 0) is 24.0 Å². The van der Waals surface area contributed by atoms with Gasteiger partial charge in [0.05, 0.1) is 17.4 Å². The Bertz CT molecular complexity index is 1170. The molecule has 0 aromatic carbocycles. The third kappa shape index (κ3) is 3.67. The van der Waals surface area contributed by atoms with E-state index in [0.29, 0.717) is 36.0 Å². The molecule has 7 atom stereocenters. The minimum absolute atomic E-state index is 0.0497. The van der Waals surface area contributed by atoms with Gasteiger partial charge >= 0.3 is 5.97 Å². The summed E-state index contributed by atoms with van der Waals surface area (Å²) < 4.78 is 0. The SMILES string of the molecule is C/C(=C/C(=O)C[C@@H](C)C(=O)O)[C@H]1CC(=O)[C@@]2(C)C3=C(C(=O)C[C@]12C)[C@@]1(C)CCC(=O)C(C)(C)[C@@H]1C[C@@H]3O. The maximum Gasteiger partial charge on any atom is 0.306 e. The summed E-state index contributed by atoms with van der Waals surface area (Å²) in [5.41, 5.74) is -1.43. The average molecular weight is 513 g/mol. The predicted molar refractivity (Wildman–Crippen MR) is 136 cm³/mol. The molecule has 4 aliphatic carbocycles. The van der Waals surface area contributed by atoms with Crippen LogP contribution in [0, 0.1) is 39.4 Å². The number of allylic oxidation sites excluding steroid dienone is 3. The lowest BCUT2D eigenvalue weighted by Crippen LogP contribution is -2.59. The Morgan fingerprint density at radius 3 is 2.30 bits per heavy atom. The van der Waals surface area contributed by atoms with Gasteiger partial charge < -0.3 is 10.2 Å². The minimum Gasteiger partial charge on any atom is -0.481 e. The van der Waals surface area contributed by atoms with Crippen molar-refractivity contribution >= 4 is 29.1 Å². The average Bonchev–Trinajstić information content (AvgIpc) is 2.99. The van der Waals surface area contributed by atoms with E-state index in [1.165, 1.54) is 13.0 Å². The lowest BCUT2D eigenvalue weighted by Gasteiger charge is -2.60. The van der Waals surface area contributed by atoms with E-state index in [1.807, 2.05) is 34.6 Å². The highest BCUT2D eigenvalue weighted by Gasteiger charge is 2.70. The molecule has 0 aromatic rings. The molecule has 0 aromatic heterocycles. The first-order valence-electron chi connectivity index (χ1n) is 13.4. The first-order valence-corrected chi connectivity index (χ1v) is 13.4. The summed E-state index contributed by atoms with van der Waals surface area (Å²) in [5.74, 6) is -2.74. The molecule has 0 spiro atoms. The summed E-state index contributed by atoms with van der Waals surface area (Å²) >= 11 is 0. The number of hydrogen-bond acceptors (Lipinski definition) is 6. The van der Waals surface area contributed by atoms with Crippen molar-refractivity contribution in [2.45, 2.75) is 93.1 Å². The summed E-state index contributed by atoms with van der Waals surface area (Å²) in [6.07, 6.45) is 1.78. The van der Waals surface area contributed by atoms with Gasteiger partial charge in [-0.15, -0.1) is 0 Å². The number of fused-ring (bicyclic) bond motifs is 4. The number of hydrogen-bond donors (Lipinski definition) is 2. The summed E-state index contributed by atoms with van der Waals surface area (Å²) in [7, 11) is 0. The summed E-state index contributed by atoms with van der Waals surface area (Å²) in [5, 5.41) is 20.7. The van der Waals surface area contributed by atoms with E-state index < -0.39 is 39.7 Å². The molecule has 4 rings (SSSR count). The van der Waals surface area contributed by atoms with Gasteiger partial charge in [0.2, 0.25) is 0 Å². The van der Waals surface area contributed by atoms with Crippen molar-refractivity contribution in [1.29, 1.82) is 0 Å². The van der Waals surface area contributed by atoms with Crippen LogP contribution in [0.5, 0.6) is 0 Å². The largest absolute Gasteiger partial charge is 0.481 e. The van der Waals surface area contributed by atoms with Gasteiger partial charge in [-0.3, -0.25) is 24.0 Å². The Morgan fingerprint density at radius 2 is 1.70 bits per heavy atom. The molecule has 0 heterocycles. The van der Waals surface area contributed by atoms with E-state index in [1.54, 1.807) is 6.92 Å². The van der Waals surface area contributed by atoms with Gasteiger partial charge in [0, 0.05) is 42.1 Å². The molecule has 7 nitrogen and oxygen atoms in total. The molecule has 0 radical (unpaired) electrons. The van der Waals surface area contributed by atoms with Gasteiger partial charge in [-0.2, -0.15) is 0 Å². The quantitative estimate of drug-likeness (QED) is 0.527. The molecule has 2 fully saturated rings. The fourth-order valence-corrected chi connectivity index (χ4v) is 8.51. The van der Waals surface area contributed by atoms with Gasteiger partial charge in [0.1, 0.15) is 11.6 Å². The summed E-state index contributed by atoms with van der Waals surface area (Å²) in [6, 6.07) is 0. The van der Waals surface area contributed by atoms with Crippen LogP contribution in [0.15, 0.2) is 22.8 Å². The lowest BCUT2D eigenvalue weighted by atomic mass is 9.42. The van der Waals surface area contributed by atoms with E-state index in [9.17, 15) is 29.1 Å². The van der Waals surface area contributed by atoms with Crippen LogP contribution < -0.4 is 0 Å². The Labute approximate surface area is 218 Å². The summed E-state index contributed by atoms with van der Waals surface area (Å²) in [4.78, 5) is 64.5. The zero-order valence-electron chi connectivity index (χ0n) is 23.1. The molecular formula is C30H40O7. The third-order valence-electron chi connectivity index (χ3n) is 10.9. The lowest BCUT2D eigenvalue weighted by molar-refractivity contribution is -0.146. The molecule has 7 heteroatoms.